The van der Waals surface area contributed by atoms with Crippen molar-refractivity contribution in [1.29, 1.82) is 5.26 Å². The molecule has 98 valence electrons. The van der Waals surface area contributed by atoms with E-state index in [0.717, 1.165) is 12.8 Å². The normalized spacial score (nSPS) is 10.9. The molecule has 0 aromatic heterocycles. The number of nitriles is 1. The minimum absolute atomic E-state index is 0.0796. The Bertz CT molecular complexity index is 547. The van der Waals surface area contributed by atoms with Gasteiger partial charge >= 0.3 is 0 Å². The van der Waals surface area contributed by atoms with Crippen LogP contribution in [0.3, 0.4) is 0 Å². The van der Waals surface area contributed by atoms with Gasteiger partial charge in [0.25, 0.3) is 0 Å². The molecule has 6 heteroatoms. The maximum Gasteiger partial charge on any atom is 0.240 e. The Labute approximate surface area is 107 Å². The highest BCUT2D eigenvalue weighted by molar-refractivity contribution is 7.89. The van der Waals surface area contributed by atoms with E-state index < -0.39 is 10.0 Å². The number of unbranched alkanes of at least 4 members (excludes halogenated alkanes) is 1. The molecule has 0 spiro atoms. The maximum absolute atomic E-state index is 11.9. The van der Waals surface area contributed by atoms with E-state index in [0.29, 0.717) is 12.3 Å². The van der Waals surface area contributed by atoms with Gasteiger partial charge in [-0.15, -0.1) is 0 Å². The van der Waals surface area contributed by atoms with Crippen molar-refractivity contribution in [3.05, 3.63) is 23.8 Å². The molecule has 0 fully saturated rings. The van der Waals surface area contributed by atoms with Gasteiger partial charge in [0, 0.05) is 6.54 Å². The van der Waals surface area contributed by atoms with Crippen LogP contribution in [0.4, 0.5) is 0 Å². The van der Waals surface area contributed by atoms with Crippen molar-refractivity contribution in [2.45, 2.75) is 24.7 Å². The van der Waals surface area contributed by atoms with Crippen molar-refractivity contribution < 1.29 is 13.2 Å². The lowest BCUT2D eigenvalue weighted by Gasteiger charge is -2.08. The third-order valence-corrected chi connectivity index (χ3v) is 3.88. The summed E-state index contributed by atoms with van der Waals surface area (Å²) in [6.07, 6.45) is 1.69. The number of ether oxygens (including phenoxy) is 1. The van der Waals surface area contributed by atoms with Gasteiger partial charge < -0.3 is 4.74 Å². The van der Waals surface area contributed by atoms with Crippen molar-refractivity contribution >= 4 is 10.0 Å². The van der Waals surface area contributed by atoms with Crippen molar-refractivity contribution in [2.75, 3.05) is 13.7 Å². The van der Waals surface area contributed by atoms with E-state index in [4.69, 9.17) is 10.00 Å². The molecule has 1 rings (SSSR count). The average molecular weight is 268 g/mol. The summed E-state index contributed by atoms with van der Waals surface area (Å²) in [4.78, 5) is 0.0796. The molecule has 0 radical (unpaired) electrons. The Morgan fingerprint density at radius 3 is 2.72 bits per heavy atom. The van der Waals surface area contributed by atoms with Crippen LogP contribution in [0.5, 0.6) is 5.75 Å². The standard InChI is InChI=1S/C12H16N2O3S/c1-3-4-7-14-18(15,16)11-5-6-12(17-2)10(8-11)9-13/h5-6,8,14H,3-4,7H2,1-2H3. The third-order valence-electron chi connectivity index (χ3n) is 2.42. The molecule has 0 bridgehead atoms. The van der Waals surface area contributed by atoms with Crippen LogP contribution in [0.15, 0.2) is 23.1 Å². The summed E-state index contributed by atoms with van der Waals surface area (Å²) in [6, 6.07) is 6.13. The van der Waals surface area contributed by atoms with Crippen LogP contribution in [0.1, 0.15) is 25.3 Å². The van der Waals surface area contributed by atoms with E-state index in [9.17, 15) is 8.42 Å². The lowest BCUT2D eigenvalue weighted by atomic mass is 10.2. The fourth-order valence-electron chi connectivity index (χ4n) is 1.41. The molecule has 0 amide bonds. The van der Waals surface area contributed by atoms with E-state index in [2.05, 4.69) is 4.72 Å². The summed E-state index contributed by atoms with van der Waals surface area (Å²) in [5.41, 5.74) is 0.205. The van der Waals surface area contributed by atoms with Gasteiger partial charge in [-0.2, -0.15) is 5.26 Å². The number of hydrogen-bond donors (Lipinski definition) is 1. The molecule has 0 saturated heterocycles. The van der Waals surface area contributed by atoms with Crippen LogP contribution < -0.4 is 9.46 Å². The lowest BCUT2D eigenvalue weighted by Crippen LogP contribution is -2.24. The Balaban J connectivity index is 3.00. The Hall–Kier alpha value is -1.58. The van der Waals surface area contributed by atoms with E-state index >= 15 is 0 Å². The first kappa shape index (κ1) is 14.5. The highest BCUT2D eigenvalue weighted by Gasteiger charge is 2.15. The van der Waals surface area contributed by atoms with Crippen molar-refractivity contribution in [2.24, 2.45) is 0 Å². The number of nitrogens with one attached hydrogen (secondary N) is 1. The van der Waals surface area contributed by atoms with Gasteiger partial charge in [-0.1, -0.05) is 13.3 Å². The summed E-state index contributed by atoms with van der Waals surface area (Å²) in [5.74, 6) is 0.366. The van der Waals surface area contributed by atoms with Gasteiger partial charge in [0.15, 0.2) is 0 Å². The zero-order valence-corrected chi connectivity index (χ0v) is 11.3. The largest absolute Gasteiger partial charge is 0.495 e. The first-order valence-electron chi connectivity index (χ1n) is 5.63. The summed E-state index contributed by atoms with van der Waals surface area (Å²) in [7, 11) is -2.11. The highest BCUT2D eigenvalue weighted by atomic mass is 32.2. The fraction of sp³-hybridized carbons (Fsp3) is 0.417. The van der Waals surface area contributed by atoms with Gasteiger partial charge in [-0.25, -0.2) is 13.1 Å². The van der Waals surface area contributed by atoms with Gasteiger partial charge in [0.05, 0.1) is 17.6 Å². The zero-order valence-electron chi connectivity index (χ0n) is 10.4. The smallest absolute Gasteiger partial charge is 0.240 e. The maximum atomic E-state index is 11.9. The molecule has 5 nitrogen and oxygen atoms in total. The van der Waals surface area contributed by atoms with Gasteiger partial charge in [-0.05, 0) is 24.6 Å². The summed E-state index contributed by atoms with van der Waals surface area (Å²) in [6.45, 7) is 2.38. The van der Waals surface area contributed by atoms with Gasteiger partial charge in [0.1, 0.15) is 11.8 Å². The summed E-state index contributed by atoms with van der Waals surface area (Å²) in [5, 5.41) is 8.91. The topological polar surface area (TPSA) is 79.2 Å². The summed E-state index contributed by atoms with van der Waals surface area (Å²) < 4.78 is 31.3. The highest BCUT2D eigenvalue weighted by Crippen LogP contribution is 2.21. The third kappa shape index (κ3) is 3.45. The Kier molecular flexibility index (Phi) is 5.13. The fourth-order valence-corrected chi connectivity index (χ4v) is 2.51. The van der Waals surface area contributed by atoms with Crippen molar-refractivity contribution in [1.82, 2.24) is 4.72 Å². The second-order valence-corrected chi connectivity index (χ2v) is 5.49. The van der Waals surface area contributed by atoms with Gasteiger partial charge in [0.2, 0.25) is 10.0 Å². The van der Waals surface area contributed by atoms with Crippen LogP contribution in [-0.2, 0) is 10.0 Å². The Morgan fingerprint density at radius 2 is 2.17 bits per heavy atom. The number of methoxy groups -OCH3 is 1. The first-order chi connectivity index (χ1) is 8.55. The molecule has 1 N–H and O–H groups in total. The van der Waals surface area contributed by atoms with Crippen LogP contribution >= 0.6 is 0 Å². The first-order valence-corrected chi connectivity index (χ1v) is 7.11. The molecule has 0 unspecified atom stereocenters. The number of hydrogen-bond acceptors (Lipinski definition) is 4. The van der Waals surface area contributed by atoms with Crippen LogP contribution in [0, 0.1) is 11.3 Å². The molecule has 0 aliphatic carbocycles. The molecule has 0 atom stereocenters. The predicted octanol–water partition coefficient (Wildman–Crippen LogP) is 1.65. The molecular formula is C12H16N2O3S. The van der Waals surface area contributed by atoms with E-state index in [1.54, 1.807) is 0 Å². The number of benzene rings is 1. The molecule has 0 aliphatic rings. The minimum Gasteiger partial charge on any atom is -0.495 e. The van der Waals surface area contributed by atoms with E-state index in [1.807, 2.05) is 13.0 Å². The Morgan fingerprint density at radius 1 is 1.44 bits per heavy atom. The number of sulfonamides is 1. The van der Waals surface area contributed by atoms with E-state index in [1.165, 1.54) is 25.3 Å². The zero-order chi connectivity index (χ0) is 13.6. The molecule has 1 aromatic rings. The predicted molar refractivity (Wildman–Crippen MR) is 67.8 cm³/mol. The van der Waals surface area contributed by atoms with Crippen molar-refractivity contribution in [3.63, 3.8) is 0 Å². The molecule has 1 aromatic carbocycles. The van der Waals surface area contributed by atoms with Gasteiger partial charge in [-0.3, -0.25) is 0 Å². The van der Waals surface area contributed by atoms with E-state index in [-0.39, 0.29) is 10.5 Å². The van der Waals surface area contributed by atoms with Crippen LogP contribution in [0.2, 0.25) is 0 Å². The monoisotopic (exact) mass is 268 g/mol. The average Bonchev–Trinajstić information content (AvgIpc) is 2.38. The lowest BCUT2D eigenvalue weighted by molar-refractivity contribution is 0.413. The quantitative estimate of drug-likeness (QED) is 0.795. The molecule has 0 heterocycles. The van der Waals surface area contributed by atoms with Crippen LogP contribution in [0.25, 0.3) is 0 Å². The summed E-state index contributed by atoms with van der Waals surface area (Å²) >= 11 is 0. The molecule has 0 saturated carbocycles. The second kappa shape index (κ2) is 6.38. The second-order valence-electron chi connectivity index (χ2n) is 3.73. The molecule has 0 aliphatic heterocycles. The number of nitrogens with zero attached hydrogens (tertiary/aromatic N) is 1. The van der Waals surface area contributed by atoms with Crippen molar-refractivity contribution in [3.8, 4) is 11.8 Å². The number of rotatable bonds is 6. The molecular weight excluding hydrogens is 252 g/mol. The molecule has 18 heavy (non-hydrogen) atoms. The minimum atomic E-state index is -3.55. The van der Waals surface area contributed by atoms with Crippen LogP contribution in [-0.4, -0.2) is 22.1 Å². The SMILES string of the molecule is CCCCNS(=O)(=O)c1ccc(OC)c(C#N)c1.